The molecule has 1 aliphatic carbocycles. The summed E-state index contributed by atoms with van der Waals surface area (Å²) in [4.78, 5) is 20.9. The minimum absolute atomic E-state index is 0.00352. The number of carbonyl (C=O) groups excluding carboxylic acids is 1. The van der Waals surface area contributed by atoms with Gasteiger partial charge in [0.1, 0.15) is 5.52 Å². The number of esters is 1. The molecular formula is C20H23N3O4. The minimum atomic E-state index is -0.101. The van der Waals surface area contributed by atoms with Gasteiger partial charge in [-0.05, 0) is 31.7 Å². The molecule has 4 rings (SSSR count). The number of rotatable bonds is 4. The number of pyridine rings is 1. The van der Waals surface area contributed by atoms with Gasteiger partial charge in [0.2, 0.25) is 0 Å². The van der Waals surface area contributed by atoms with Crippen molar-refractivity contribution in [1.82, 2.24) is 14.5 Å². The van der Waals surface area contributed by atoms with Crippen molar-refractivity contribution in [2.75, 3.05) is 21.3 Å². The highest BCUT2D eigenvalue weighted by molar-refractivity contribution is 6.03. The van der Waals surface area contributed by atoms with Crippen molar-refractivity contribution in [1.29, 1.82) is 0 Å². The highest BCUT2D eigenvalue weighted by Gasteiger charge is 2.28. The number of hydrogen-bond acceptors (Lipinski definition) is 6. The van der Waals surface area contributed by atoms with Gasteiger partial charge in [-0.3, -0.25) is 9.78 Å². The molecule has 3 aromatic rings. The van der Waals surface area contributed by atoms with Gasteiger partial charge >= 0.3 is 5.97 Å². The van der Waals surface area contributed by atoms with Gasteiger partial charge in [-0.2, -0.15) is 0 Å². The molecule has 2 aromatic heterocycles. The van der Waals surface area contributed by atoms with E-state index in [1.54, 1.807) is 20.4 Å². The fourth-order valence-electron chi connectivity index (χ4n) is 4.08. The number of carbonyl (C=O) groups is 1. The van der Waals surface area contributed by atoms with Gasteiger partial charge in [0.25, 0.3) is 0 Å². The summed E-state index contributed by atoms with van der Waals surface area (Å²) < 4.78 is 18.0. The quantitative estimate of drug-likeness (QED) is 0.655. The maximum atomic E-state index is 11.8. The van der Waals surface area contributed by atoms with Crippen molar-refractivity contribution in [2.45, 2.75) is 31.7 Å². The van der Waals surface area contributed by atoms with Crippen molar-refractivity contribution >= 4 is 27.9 Å². The topological polar surface area (TPSA) is 75.5 Å². The van der Waals surface area contributed by atoms with E-state index in [0.29, 0.717) is 17.5 Å². The van der Waals surface area contributed by atoms with E-state index in [1.165, 1.54) is 7.11 Å². The molecule has 2 heterocycles. The van der Waals surface area contributed by atoms with Gasteiger partial charge in [-0.1, -0.05) is 0 Å². The normalized spacial score (nSPS) is 20.0. The van der Waals surface area contributed by atoms with Gasteiger partial charge in [0.15, 0.2) is 11.5 Å². The molecule has 0 aliphatic heterocycles. The number of nitrogens with zero attached hydrogens (tertiary/aromatic N) is 3. The van der Waals surface area contributed by atoms with E-state index in [9.17, 15) is 4.79 Å². The number of hydrogen-bond donors (Lipinski definition) is 0. The van der Waals surface area contributed by atoms with E-state index in [1.807, 2.05) is 18.5 Å². The first-order chi connectivity index (χ1) is 13.2. The van der Waals surface area contributed by atoms with Gasteiger partial charge in [0.05, 0.1) is 50.8 Å². The van der Waals surface area contributed by atoms with Crippen LogP contribution >= 0.6 is 0 Å². The minimum Gasteiger partial charge on any atom is -0.493 e. The van der Waals surface area contributed by atoms with E-state index in [2.05, 4.69) is 14.5 Å². The van der Waals surface area contributed by atoms with Crippen LogP contribution in [0.2, 0.25) is 0 Å². The van der Waals surface area contributed by atoms with Crippen LogP contribution in [0.5, 0.6) is 11.5 Å². The molecule has 0 amide bonds. The molecule has 0 saturated heterocycles. The molecule has 0 bridgehead atoms. The Morgan fingerprint density at radius 1 is 1.00 bits per heavy atom. The summed E-state index contributed by atoms with van der Waals surface area (Å²) in [6, 6.07) is 4.15. The van der Waals surface area contributed by atoms with Crippen molar-refractivity contribution in [3.8, 4) is 11.5 Å². The lowest BCUT2D eigenvalue weighted by atomic mass is 9.86. The molecular weight excluding hydrogens is 346 g/mol. The Morgan fingerprint density at radius 3 is 2.37 bits per heavy atom. The number of fused-ring (bicyclic) bond motifs is 3. The predicted molar refractivity (Wildman–Crippen MR) is 101 cm³/mol. The zero-order chi connectivity index (χ0) is 19.0. The third-order valence-corrected chi connectivity index (χ3v) is 5.53. The third-order valence-electron chi connectivity index (χ3n) is 5.53. The van der Waals surface area contributed by atoms with Crippen molar-refractivity contribution in [2.24, 2.45) is 5.92 Å². The lowest BCUT2D eigenvalue weighted by molar-refractivity contribution is -0.146. The van der Waals surface area contributed by atoms with Crippen LogP contribution in [0, 0.1) is 5.92 Å². The summed E-state index contributed by atoms with van der Waals surface area (Å²) >= 11 is 0. The second kappa shape index (κ2) is 7.06. The van der Waals surface area contributed by atoms with Crippen LogP contribution in [0.15, 0.2) is 24.7 Å². The molecule has 0 atom stereocenters. The van der Waals surface area contributed by atoms with Gasteiger partial charge in [-0.25, -0.2) is 4.98 Å². The Kier molecular flexibility index (Phi) is 4.59. The molecule has 27 heavy (non-hydrogen) atoms. The SMILES string of the molecule is COC(=O)C1CCC(n2cnc3cnc4cc(OC)c(OC)cc4c32)CC1. The Morgan fingerprint density at radius 2 is 1.70 bits per heavy atom. The zero-order valence-corrected chi connectivity index (χ0v) is 15.8. The first-order valence-electron chi connectivity index (χ1n) is 9.11. The lowest BCUT2D eigenvalue weighted by Crippen LogP contribution is -2.24. The summed E-state index contributed by atoms with van der Waals surface area (Å²) in [7, 11) is 4.70. The van der Waals surface area contributed by atoms with E-state index < -0.39 is 0 Å². The van der Waals surface area contributed by atoms with Crippen LogP contribution in [0.3, 0.4) is 0 Å². The van der Waals surface area contributed by atoms with Crippen LogP contribution < -0.4 is 9.47 Å². The Bertz CT molecular complexity index is 990. The number of imidazole rings is 1. The molecule has 0 radical (unpaired) electrons. The largest absolute Gasteiger partial charge is 0.493 e. The highest BCUT2D eigenvalue weighted by atomic mass is 16.5. The fourth-order valence-corrected chi connectivity index (χ4v) is 4.08. The summed E-state index contributed by atoms with van der Waals surface area (Å²) in [6.45, 7) is 0. The van der Waals surface area contributed by atoms with Gasteiger partial charge < -0.3 is 18.8 Å². The molecule has 1 saturated carbocycles. The molecule has 7 nitrogen and oxygen atoms in total. The van der Waals surface area contributed by atoms with Gasteiger partial charge in [0, 0.05) is 17.5 Å². The van der Waals surface area contributed by atoms with E-state index >= 15 is 0 Å². The smallest absolute Gasteiger partial charge is 0.308 e. The summed E-state index contributed by atoms with van der Waals surface area (Å²) in [6.07, 6.45) is 7.17. The monoisotopic (exact) mass is 369 g/mol. The molecule has 1 aromatic carbocycles. The Labute approximate surface area is 157 Å². The second-order valence-electron chi connectivity index (χ2n) is 6.90. The third kappa shape index (κ3) is 2.97. The summed E-state index contributed by atoms with van der Waals surface area (Å²) in [5.41, 5.74) is 2.73. The van der Waals surface area contributed by atoms with Crippen LogP contribution in [0.4, 0.5) is 0 Å². The second-order valence-corrected chi connectivity index (χ2v) is 6.90. The first kappa shape index (κ1) is 17.6. The first-order valence-corrected chi connectivity index (χ1v) is 9.11. The molecule has 0 N–H and O–H groups in total. The maximum Gasteiger partial charge on any atom is 0.308 e. The molecule has 7 heteroatoms. The van der Waals surface area contributed by atoms with Crippen molar-refractivity contribution in [3.05, 3.63) is 24.7 Å². The van der Waals surface area contributed by atoms with E-state index in [-0.39, 0.29) is 11.9 Å². The summed E-state index contributed by atoms with van der Waals surface area (Å²) in [5, 5.41) is 0.984. The zero-order valence-electron chi connectivity index (χ0n) is 15.8. The molecule has 0 unspecified atom stereocenters. The average Bonchev–Trinajstić information content (AvgIpc) is 3.16. The maximum absolute atomic E-state index is 11.8. The van der Waals surface area contributed by atoms with Crippen LogP contribution in [-0.2, 0) is 9.53 Å². The van der Waals surface area contributed by atoms with Crippen molar-refractivity contribution in [3.63, 3.8) is 0 Å². The van der Waals surface area contributed by atoms with E-state index in [0.717, 1.165) is 47.6 Å². The highest BCUT2D eigenvalue weighted by Crippen LogP contribution is 2.38. The summed E-state index contributed by atoms with van der Waals surface area (Å²) in [5.74, 6) is 1.22. The number of benzene rings is 1. The molecule has 142 valence electrons. The molecule has 0 spiro atoms. The number of methoxy groups -OCH3 is 3. The average molecular weight is 369 g/mol. The fraction of sp³-hybridized carbons (Fsp3) is 0.450. The van der Waals surface area contributed by atoms with Crippen molar-refractivity contribution < 1.29 is 19.0 Å². The predicted octanol–water partition coefficient (Wildman–Crippen LogP) is 3.51. The van der Waals surface area contributed by atoms with Crippen LogP contribution in [-0.4, -0.2) is 41.8 Å². The number of ether oxygens (including phenoxy) is 3. The lowest BCUT2D eigenvalue weighted by Gasteiger charge is -2.28. The van der Waals surface area contributed by atoms with Crippen LogP contribution in [0.25, 0.3) is 21.9 Å². The Balaban J connectivity index is 1.76. The van der Waals surface area contributed by atoms with Crippen LogP contribution in [0.1, 0.15) is 31.7 Å². The van der Waals surface area contributed by atoms with Gasteiger partial charge in [-0.15, -0.1) is 0 Å². The standard InChI is InChI=1S/C20H23N3O4/c1-25-17-8-14-15(9-18(17)26-2)21-10-16-19(14)23(11-22-16)13-6-4-12(5-7-13)20(24)27-3/h8-13H,4-7H2,1-3H3. The molecule has 1 fully saturated rings. The Hall–Kier alpha value is -2.83. The van der Waals surface area contributed by atoms with E-state index in [4.69, 9.17) is 14.2 Å². The molecule has 1 aliphatic rings. The number of aromatic nitrogens is 3.